The number of ketones is 1. The zero-order valence-corrected chi connectivity index (χ0v) is 15.2. The second kappa shape index (κ2) is 5.49. The normalized spacial score (nSPS) is 26.0. The standard InChI is InChI=1S/C18H19BrO4/c1-9(20)10-5-12-11-6-14(19)17(22-4)7-13(11)18(2,3)23-16(12)8-15(10)21/h5,7-8,16,21H,6H2,1-4H3. The van der Waals surface area contributed by atoms with Crippen molar-refractivity contribution in [3.8, 4) is 0 Å². The van der Waals surface area contributed by atoms with Crippen LogP contribution in [-0.2, 0) is 14.3 Å². The fraction of sp³-hybridized carbons (Fsp3) is 0.389. The summed E-state index contributed by atoms with van der Waals surface area (Å²) in [5.41, 5.74) is 2.88. The van der Waals surface area contributed by atoms with Crippen molar-refractivity contribution in [1.29, 1.82) is 0 Å². The lowest BCUT2D eigenvalue weighted by atomic mass is 9.77. The number of Topliss-reactive ketones (excluding diaryl/α,β-unsaturated/α-hetero) is 1. The lowest BCUT2D eigenvalue weighted by Gasteiger charge is -2.42. The number of carbonyl (C=O) groups is 1. The van der Waals surface area contributed by atoms with Crippen LogP contribution in [0.25, 0.3) is 0 Å². The van der Waals surface area contributed by atoms with Crippen LogP contribution in [0.3, 0.4) is 0 Å². The molecule has 3 rings (SSSR count). The molecule has 0 radical (unpaired) electrons. The van der Waals surface area contributed by atoms with Gasteiger partial charge in [-0.05, 0) is 55.7 Å². The van der Waals surface area contributed by atoms with Crippen LogP contribution in [0.15, 0.2) is 56.5 Å². The van der Waals surface area contributed by atoms with Gasteiger partial charge in [0.1, 0.15) is 17.6 Å². The van der Waals surface area contributed by atoms with E-state index in [2.05, 4.69) is 15.9 Å². The second-order valence-corrected chi connectivity index (χ2v) is 7.31. The molecule has 1 heterocycles. The van der Waals surface area contributed by atoms with E-state index in [0.717, 1.165) is 27.0 Å². The molecule has 0 saturated heterocycles. The number of ether oxygens (including phenoxy) is 2. The highest BCUT2D eigenvalue weighted by Crippen LogP contribution is 2.47. The van der Waals surface area contributed by atoms with Crippen LogP contribution in [0.2, 0.25) is 0 Å². The quantitative estimate of drug-likeness (QED) is 0.788. The molecule has 0 bridgehead atoms. The molecule has 122 valence electrons. The smallest absolute Gasteiger partial charge is 0.163 e. The molecular formula is C18H19BrO4. The SMILES string of the molecule is COC1=C(Br)CC2=C3C=C(C(C)=O)C(O)=CC3OC(C)(C)C2=C1. The maximum Gasteiger partial charge on any atom is 0.163 e. The minimum atomic E-state index is -0.515. The largest absolute Gasteiger partial charge is 0.507 e. The summed E-state index contributed by atoms with van der Waals surface area (Å²) in [5, 5.41) is 10.1. The van der Waals surface area contributed by atoms with E-state index >= 15 is 0 Å². The Kier molecular flexibility index (Phi) is 3.89. The lowest BCUT2D eigenvalue weighted by molar-refractivity contribution is -0.113. The highest BCUT2D eigenvalue weighted by Gasteiger charge is 2.41. The summed E-state index contributed by atoms with van der Waals surface area (Å²) in [4.78, 5) is 11.7. The average molecular weight is 379 g/mol. The van der Waals surface area contributed by atoms with Crippen molar-refractivity contribution >= 4 is 21.7 Å². The van der Waals surface area contributed by atoms with Gasteiger partial charge in [0.05, 0.1) is 18.3 Å². The van der Waals surface area contributed by atoms with E-state index in [1.165, 1.54) is 6.92 Å². The Labute approximate surface area is 144 Å². The number of hydrogen-bond acceptors (Lipinski definition) is 4. The molecule has 23 heavy (non-hydrogen) atoms. The minimum absolute atomic E-state index is 0.0157. The van der Waals surface area contributed by atoms with E-state index in [0.29, 0.717) is 12.0 Å². The average Bonchev–Trinajstić information content (AvgIpc) is 2.45. The van der Waals surface area contributed by atoms with Crippen molar-refractivity contribution in [2.24, 2.45) is 0 Å². The fourth-order valence-corrected chi connectivity index (χ4v) is 3.81. The number of halogens is 1. The maximum absolute atomic E-state index is 11.7. The number of methoxy groups -OCH3 is 1. The highest BCUT2D eigenvalue weighted by atomic mass is 79.9. The van der Waals surface area contributed by atoms with E-state index in [1.54, 1.807) is 19.3 Å². The van der Waals surface area contributed by atoms with Crippen LogP contribution < -0.4 is 0 Å². The highest BCUT2D eigenvalue weighted by molar-refractivity contribution is 9.11. The molecule has 0 aromatic heterocycles. The molecule has 4 nitrogen and oxygen atoms in total. The third-order valence-electron chi connectivity index (χ3n) is 4.41. The second-order valence-electron chi connectivity index (χ2n) is 6.36. The van der Waals surface area contributed by atoms with Gasteiger partial charge >= 0.3 is 0 Å². The third-order valence-corrected chi connectivity index (χ3v) is 5.08. The van der Waals surface area contributed by atoms with Crippen LogP contribution in [-0.4, -0.2) is 29.7 Å². The van der Waals surface area contributed by atoms with Gasteiger partial charge in [-0.2, -0.15) is 0 Å². The molecular weight excluding hydrogens is 360 g/mol. The van der Waals surface area contributed by atoms with Crippen molar-refractivity contribution in [3.63, 3.8) is 0 Å². The van der Waals surface area contributed by atoms with Crippen molar-refractivity contribution in [3.05, 3.63) is 56.5 Å². The Hall–Kier alpha value is -1.59. The summed E-state index contributed by atoms with van der Waals surface area (Å²) < 4.78 is 12.5. The molecule has 0 spiro atoms. The zero-order valence-electron chi connectivity index (χ0n) is 13.6. The molecule has 1 aliphatic heterocycles. The third kappa shape index (κ3) is 2.62. The molecule has 0 fully saturated rings. The number of aliphatic hydroxyl groups is 1. The maximum atomic E-state index is 11.7. The Balaban J connectivity index is 2.21. The van der Waals surface area contributed by atoms with E-state index in [1.807, 2.05) is 19.9 Å². The summed E-state index contributed by atoms with van der Waals surface area (Å²) >= 11 is 3.57. The Morgan fingerprint density at radius 1 is 1.43 bits per heavy atom. The molecule has 0 saturated carbocycles. The van der Waals surface area contributed by atoms with E-state index in [4.69, 9.17) is 9.47 Å². The van der Waals surface area contributed by atoms with Gasteiger partial charge in [-0.15, -0.1) is 0 Å². The molecule has 3 aliphatic rings. The lowest BCUT2D eigenvalue weighted by Crippen LogP contribution is -2.40. The van der Waals surface area contributed by atoms with Gasteiger partial charge < -0.3 is 14.6 Å². The van der Waals surface area contributed by atoms with Crippen LogP contribution in [0, 0.1) is 0 Å². The molecule has 2 aliphatic carbocycles. The molecule has 1 atom stereocenters. The van der Waals surface area contributed by atoms with E-state index < -0.39 is 5.60 Å². The fourth-order valence-electron chi connectivity index (χ4n) is 3.25. The Morgan fingerprint density at radius 2 is 2.13 bits per heavy atom. The van der Waals surface area contributed by atoms with E-state index in [9.17, 15) is 9.90 Å². The summed E-state index contributed by atoms with van der Waals surface area (Å²) in [6, 6.07) is 0. The van der Waals surface area contributed by atoms with Crippen molar-refractivity contribution in [2.75, 3.05) is 7.11 Å². The van der Waals surface area contributed by atoms with Gasteiger partial charge in [0.25, 0.3) is 0 Å². The van der Waals surface area contributed by atoms with Crippen LogP contribution in [0.5, 0.6) is 0 Å². The summed E-state index contributed by atoms with van der Waals surface area (Å²) in [6.07, 6.45) is 5.65. The number of hydrogen-bond donors (Lipinski definition) is 1. The predicted octanol–water partition coefficient (Wildman–Crippen LogP) is 4.01. The summed E-state index contributed by atoms with van der Waals surface area (Å²) in [7, 11) is 1.64. The number of fused-ring (bicyclic) bond motifs is 2. The number of rotatable bonds is 2. The first-order chi connectivity index (χ1) is 10.7. The first-order valence-electron chi connectivity index (χ1n) is 7.44. The zero-order chi connectivity index (χ0) is 16.9. The first-order valence-corrected chi connectivity index (χ1v) is 8.23. The Morgan fingerprint density at radius 3 is 2.74 bits per heavy atom. The van der Waals surface area contributed by atoms with Gasteiger partial charge in [0.2, 0.25) is 0 Å². The van der Waals surface area contributed by atoms with E-state index in [-0.39, 0.29) is 17.6 Å². The Bertz CT molecular complexity index is 747. The summed E-state index contributed by atoms with van der Waals surface area (Å²) in [5.74, 6) is 0.603. The van der Waals surface area contributed by atoms with Crippen LogP contribution in [0.1, 0.15) is 27.2 Å². The monoisotopic (exact) mass is 378 g/mol. The molecule has 1 N–H and O–H groups in total. The summed E-state index contributed by atoms with van der Waals surface area (Å²) in [6.45, 7) is 5.44. The molecule has 0 aromatic rings. The van der Waals surface area contributed by atoms with Gasteiger partial charge in [-0.1, -0.05) is 15.9 Å². The van der Waals surface area contributed by atoms with Gasteiger partial charge in [0.15, 0.2) is 5.78 Å². The van der Waals surface area contributed by atoms with Crippen molar-refractivity contribution in [2.45, 2.75) is 38.9 Å². The molecule has 0 amide bonds. The van der Waals surface area contributed by atoms with Crippen molar-refractivity contribution < 1.29 is 19.4 Å². The molecule has 5 heteroatoms. The van der Waals surface area contributed by atoms with Gasteiger partial charge in [-0.3, -0.25) is 4.79 Å². The topological polar surface area (TPSA) is 55.8 Å². The van der Waals surface area contributed by atoms with Crippen LogP contribution in [0.4, 0.5) is 0 Å². The first kappa shape index (κ1) is 16.3. The minimum Gasteiger partial charge on any atom is -0.507 e. The number of carbonyl (C=O) groups excluding carboxylic acids is 1. The number of allylic oxidation sites excluding steroid dienone is 3. The predicted molar refractivity (Wildman–Crippen MR) is 91.1 cm³/mol. The van der Waals surface area contributed by atoms with Gasteiger partial charge in [-0.25, -0.2) is 0 Å². The molecule has 1 unspecified atom stereocenters. The van der Waals surface area contributed by atoms with Gasteiger partial charge in [0, 0.05) is 10.9 Å². The molecule has 0 aromatic carbocycles. The van der Waals surface area contributed by atoms with Crippen molar-refractivity contribution in [1.82, 2.24) is 0 Å². The number of aliphatic hydroxyl groups excluding tert-OH is 1. The van der Waals surface area contributed by atoms with Crippen LogP contribution >= 0.6 is 15.9 Å².